The van der Waals surface area contributed by atoms with Crippen LogP contribution in [0.1, 0.15) is 25.7 Å². The molecule has 1 fully saturated rings. The molecule has 3 rings (SSSR count). The Morgan fingerprint density at radius 1 is 1.22 bits per heavy atom. The van der Waals surface area contributed by atoms with E-state index in [0.29, 0.717) is 17.2 Å². The van der Waals surface area contributed by atoms with Crippen LogP contribution in [-0.4, -0.2) is 57.6 Å². The van der Waals surface area contributed by atoms with Crippen LogP contribution >= 0.6 is 23.7 Å². The fraction of sp³-hybridized carbons (Fsp3) is 0.556. The number of nitrogens with zero attached hydrogens (tertiary/aromatic N) is 3. The number of sulfone groups is 1. The highest BCUT2D eigenvalue weighted by Crippen LogP contribution is 2.35. The highest BCUT2D eigenvalue weighted by atomic mass is 35.5. The minimum atomic E-state index is -3.37. The van der Waals surface area contributed by atoms with Gasteiger partial charge in [-0.05, 0) is 39.1 Å². The van der Waals surface area contributed by atoms with Gasteiger partial charge in [0.2, 0.25) is 5.91 Å². The first-order valence-corrected chi connectivity index (χ1v) is 11.5. The molecule has 0 spiro atoms. The number of amides is 1. The van der Waals surface area contributed by atoms with Crippen LogP contribution in [0.15, 0.2) is 23.1 Å². The van der Waals surface area contributed by atoms with E-state index in [4.69, 9.17) is 0 Å². The van der Waals surface area contributed by atoms with Crippen molar-refractivity contribution in [2.45, 2.75) is 30.6 Å². The lowest BCUT2D eigenvalue weighted by molar-refractivity contribution is -0.122. The molecule has 1 aromatic carbocycles. The van der Waals surface area contributed by atoms with Crippen LogP contribution in [0.3, 0.4) is 0 Å². The van der Waals surface area contributed by atoms with Crippen LogP contribution in [0.4, 0.5) is 5.13 Å². The van der Waals surface area contributed by atoms with Crippen molar-refractivity contribution in [1.82, 2.24) is 9.88 Å². The summed E-state index contributed by atoms with van der Waals surface area (Å²) in [7, 11) is 0.570. The van der Waals surface area contributed by atoms with E-state index < -0.39 is 9.84 Å². The summed E-state index contributed by atoms with van der Waals surface area (Å²) < 4.78 is 24.9. The lowest BCUT2D eigenvalue weighted by atomic mass is 10.1. The predicted octanol–water partition coefficient (Wildman–Crippen LogP) is 3.21. The van der Waals surface area contributed by atoms with Gasteiger partial charge in [-0.1, -0.05) is 30.2 Å². The predicted molar refractivity (Wildman–Crippen MR) is 113 cm³/mol. The number of anilines is 1. The van der Waals surface area contributed by atoms with Gasteiger partial charge in [-0.15, -0.1) is 12.4 Å². The first-order valence-electron chi connectivity index (χ1n) is 8.83. The van der Waals surface area contributed by atoms with E-state index in [1.807, 2.05) is 25.1 Å². The first-order chi connectivity index (χ1) is 12.3. The second kappa shape index (κ2) is 8.86. The molecule has 1 amide bonds. The molecule has 27 heavy (non-hydrogen) atoms. The number of likely N-dealkylation sites (N-methyl/N-ethyl adjacent to an activating group) is 1. The lowest BCUT2D eigenvalue weighted by Crippen LogP contribution is -2.39. The number of benzene rings is 1. The fourth-order valence-corrected chi connectivity index (χ4v) is 5.24. The summed E-state index contributed by atoms with van der Waals surface area (Å²) in [5, 5.41) is 0.592. The largest absolute Gasteiger partial charge is 0.308 e. The fourth-order valence-electron chi connectivity index (χ4n) is 3.32. The van der Waals surface area contributed by atoms with Gasteiger partial charge in [0.1, 0.15) is 5.52 Å². The summed E-state index contributed by atoms with van der Waals surface area (Å²) in [5.74, 6) is 0.169. The van der Waals surface area contributed by atoms with Gasteiger partial charge in [0.05, 0.1) is 9.60 Å². The molecule has 1 saturated carbocycles. The van der Waals surface area contributed by atoms with Gasteiger partial charge in [-0.3, -0.25) is 9.69 Å². The third-order valence-corrected chi connectivity index (χ3v) is 6.91. The van der Waals surface area contributed by atoms with Gasteiger partial charge in [0, 0.05) is 25.3 Å². The Morgan fingerprint density at radius 3 is 2.48 bits per heavy atom. The second-order valence-corrected chi connectivity index (χ2v) is 10.1. The molecule has 0 unspecified atom stereocenters. The smallest absolute Gasteiger partial charge is 0.231 e. The molecule has 0 aliphatic heterocycles. The quantitative estimate of drug-likeness (QED) is 0.702. The summed E-state index contributed by atoms with van der Waals surface area (Å²) >= 11 is 1.39. The third kappa shape index (κ3) is 4.99. The van der Waals surface area contributed by atoms with E-state index in [1.54, 1.807) is 17.0 Å². The van der Waals surface area contributed by atoms with E-state index in [0.717, 1.165) is 36.9 Å². The molecule has 0 saturated heterocycles. The highest BCUT2D eigenvalue weighted by Gasteiger charge is 2.30. The monoisotopic (exact) mass is 431 g/mol. The Morgan fingerprint density at radius 2 is 1.89 bits per heavy atom. The first kappa shape index (κ1) is 22.1. The van der Waals surface area contributed by atoms with Crippen LogP contribution in [0.2, 0.25) is 0 Å². The number of para-hydroxylation sites is 1. The van der Waals surface area contributed by atoms with Crippen molar-refractivity contribution in [2.75, 3.05) is 38.3 Å². The molecule has 2 aromatic rings. The van der Waals surface area contributed by atoms with Gasteiger partial charge < -0.3 is 4.90 Å². The van der Waals surface area contributed by atoms with Gasteiger partial charge in [-0.2, -0.15) is 0 Å². The van der Waals surface area contributed by atoms with E-state index >= 15 is 0 Å². The van der Waals surface area contributed by atoms with Gasteiger partial charge in [0.25, 0.3) is 0 Å². The number of hydrogen-bond acceptors (Lipinski definition) is 6. The lowest BCUT2D eigenvalue weighted by Gasteiger charge is -2.24. The summed E-state index contributed by atoms with van der Waals surface area (Å²) in [6, 6.07) is 5.16. The molecule has 6 nitrogen and oxygen atoms in total. The number of halogens is 1. The van der Waals surface area contributed by atoms with Crippen LogP contribution in [0, 0.1) is 5.92 Å². The third-order valence-electron chi connectivity index (χ3n) is 4.74. The highest BCUT2D eigenvalue weighted by molar-refractivity contribution is 7.91. The standard InChI is InChI=1S/C18H25N3O3S2.ClH/c1-20(2)11-12-21(17(22)13-7-4-5-8-13)18-19-16-14(25-18)9-6-10-15(16)26(3,23)24;/h6,9-10,13H,4-5,7-8,11-12H2,1-3H3;1H. The number of hydrogen-bond donors (Lipinski definition) is 0. The average molecular weight is 432 g/mol. The second-order valence-electron chi connectivity index (χ2n) is 7.15. The minimum Gasteiger partial charge on any atom is -0.308 e. The molecule has 0 bridgehead atoms. The summed E-state index contributed by atoms with van der Waals surface area (Å²) in [4.78, 5) is 21.7. The molecule has 150 valence electrons. The van der Waals surface area contributed by atoms with Crippen LogP contribution < -0.4 is 4.90 Å². The zero-order chi connectivity index (χ0) is 18.9. The van der Waals surface area contributed by atoms with Crippen LogP contribution in [0.25, 0.3) is 10.2 Å². The zero-order valence-corrected chi connectivity index (χ0v) is 18.3. The van der Waals surface area contributed by atoms with Crippen molar-refractivity contribution in [3.05, 3.63) is 18.2 Å². The molecular weight excluding hydrogens is 406 g/mol. The molecule has 0 radical (unpaired) electrons. The number of aromatic nitrogens is 1. The number of thiazole rings is 1. The van der Waals surface area contributed by atoms with E-state index in [2.05, 4.69) is 4.98 Å². The minimum absolute atomic E-state index is 0. The van der Waals surface area contributed by atoms with Gasteiger partial charge >= 0.3 is 0 Å². The maximum Gasteiger partial charge on any atom is 0.231 e. The van der Waals surface area contributed by atoms with Crippen molar-refractivity contribution in [3.63, 3.8) is 0 Å². The van der Waals surface area contributed by atoms with Crippen molar-refractivity contribution >= 4 is 54.8 Å². The van der Waals surface area contributed by atoms with Gasteiger partial charge in [0.15, 0.2) is 15.0 Å². The molecule has 1 aromatic heterocycles. The molecular formula is C18H26ClN3O3S2. The van der Waals surface area contributed by atoms with Crippen molar-refractivity contribution in [2.24, 2.45) is 5.92 Å². The Labute approximate surface area is 170 Å². The summed E-state index contributed by atoms with van der Waals surface area (Å²) in [6.07, 6.45) is 5.23. The van der Waals surface area contributed by atoms with Crippen LogP contribution in [-0.2, 0) is 14.6 Å². The molecule has 1 aliphatic rings. The average Bonchev–Trinajstić information content (AvgIpc) is 3.22. The van der Waals surface area contributed by atoms with E-state index in [9.17, 15) is 13.2 Å². The summed E-state index contributed by atoms with van der Waals surface area (Å²) in [6.45, 7) is 1.28. The Hall–Kier alpha value is -1.22. The summed E-state index contributed by atoms with van der Waals surface area (Å²) in [5.41, 5.74) is 0.462. The number of rotatable bonds is 6. The molecule has 1 heterocycles. The van der Waals surface area contributed by atoms with Crippen LogP contribution in [0.5, 0.6) is 0 Å². The van der Waals surface area contributed by atoms with E-state index in [-0.39, 0.29) is 29.1 Å². The maximum absolute atomic E-state index is 13.1. The Balaban J connectivity index is 0.00000261. The molecule has 0 atom stereocenters. The molecule has 1 aliphatic carbocycles. The zero-order valence-electron chi connectivity index (χ0n) is 15.8. The van der Waals surface area contributed by atoms with Crippen molar-refractivity contribution < 1.29 is 13.2 Å². The Kier molecular flexibility index (Phi) is 7.24. The number of carbonyl (C=O) groups is 1. The normalized spacial score (nSPS) is 15.3. The van der Waals surface area contributed by atoms with Crippen molar-refractivity contribution in [3.8, 4) is 0 Å². The van der Waals surface area contributed by atoms with Gasteiger partial charge in [-0.25, -0.2) is 13.4 Å². The maximum atomic E-state index is 13.1. The van der Waals surface area contributed by atoms with E-state index in [1.165, 1.54) is 17.6 Å². The molecule has 0 N–H and O–H groups in total. The molecule has 9 heteroatoms. The topological polar surface area (TPSA) is 70.6 Å². The SMILES string of the molecule is CN(C)CCN(C(=O)C1CCCC1)c1nc2c(S(C)(=O)=O)cccc2s1.Cl. The van der Waals surface area contributed by atoms with Crippen molar-refractivity contribution in [1.29, 1.82) is 0 Å². The Bertz CT molecular complexity index is 906. The number of carbonyl (C=O) groups excluding carboxylic acids is 1. The number of fused-ring (bicyclic) bond motifs is 1.